The summed E-state index contributed by atoms with van der Waals surface area (Å²) in [5.74, 6) is 1.08. The maximum atomic E-state index is 12.3. The molecule has 0 saturated carbocycles. The maximum absolute atomic E-state index is 12.3. The van der Waals surface area contributed by atoms with Gasteiger partial charge in [0.1, 0.15) is 0 Å². The van der Waals surface area contributed by atoms with Crippen LogP contribution in [0.3, 0.4) is 0 Å². The summed E-state index contributed by atoms with van der Waals surface area (Å²) >= 11 is 0. The molecule has 1 aliphatic heterocycles. The van der Waals surface area contributed by atoms with E-state index in [0.29, 0.717) is 22.7 Å². The number of carbonyl (C=O) groups is 1. The van der Waals surface area contributed by atoms with E-state index in [4.69, 9.17) is 9.47 Å². The Morgan fingerprint density at radius 3 is 2.78 bits per heavy atom. The number of carbonyl (C=O) groups excluding carboxylic acids is 1. The lowest BCUT2D eigenvalue weighted by Gasteiger charge is -2.04. The Hall–Kier alpha value is -3.28. The SMILES string of the molecule is O=C(Nc1ccc2c(c1)OCO2)c1cnn(-c2ccccc2)c1. The van der Waals surface area contributed by atoms with E-state index in [1.807, 2.05) is 30.3 Å². The minimum absolute atomic E-state index is 0.205. The molecule has 0 spiro atoms. The van der Waals surface area contributed by atoms with E-state index in [2.05, 4.69) is 10.4 Å². The number of nitrogens with zero attached hydrogens (tertiary/aromatic N) is 2. The van der Waals surface area contributed by atoms with Crippen molar-refractivity contribution in [2.45, 2.75) is 0 Å². The van der Waals surface area contributed by atoms with Gasteiger partial charge in [0.05, 0.1) is 17.4 Å². The van der Waals surface area contributed by atoms with Crippen LogP contribution < -0.4 is 14.8 Å². The molecule has 0 bridgehead atoms. The van der Waals surface area contributed by atoms with Gasteiger partial charge in [-0.3, -0.25) is 4.79 Å². The summed E-state index contributed by atoms with van der Waals surface area (Å²) in [5.41, 5.74) is 2.02. The Morgan fingerprint density at radius 2 is 1.91 bits per heavy atom. The van der Waals surface area contributed by atoms with Gasteiger partial charge in [0, 0.05) is 18.0 Å². The normalized spacial score (nSPS) is 12.2. The van der Waals surface area contributed by atoms with Crippen molar-refractivity contribution in [3.8, 4) is 17.2 Å². The maximum Gasteiger partial charge on any atom is 0.258 e. The molecular weight excluding hydrogens is 294 g/mol. The average Bonchev–Trinajstić information content (AvgIpc) is 3.24. The molecule has 4 rings (SSSR count). The molecule has 0 aliphatic carbocycles. The molecule has 3 aromatic rings. The van der Waals surface area contributed by atoms with E-state index < -0.39 is 0 Å². The first-order valence-electron chi connectivity index (χ1n) is 7.11. The third kappa shape index (κ3) is 2.62. The van der Waals surface area contributed by atoms with E-state index in [1.54, 1.807) is 29.1 Å². The van der Waals surface area contributed by atoms with Crippen LogP contribution in [0, 0.1) is 0 Å². The first-order valence-corrected chi connectivity index (χ1v) is 7.11. The van der Waals surface area contributed by atoms with Gasteiger partial charge in [0.25, 0.3) is 5.91 Å². The number of aromatic nitrogens is 2. The number of fused-ring (bicyclic) bond motifs is 1. The first-order chi connectivity index (χ1) is 11.3. The molecule has 1 amide bonds. The molecule has 1 aromatic heterocycles. The van der Waals surface area contributed by atoms with Gasteiger partial charge in [-0.1, -0.05) is 18.2 Å². The summed E-state index contributed by atoms with van der Waals surface area (Å²) in [6.45, 7) is 0.205. The van der Waals surface area contributed by atoms with Crippen LogP contribution in [0.5, 0.6) is 11.5 Å². The number of amides is 1. The molecule has 114 valence electrons. The average molecular weight is 307 g/mol. The van der Waals surface area contributed by atoms with E-state index in [0.717, 1.165) is 5.69 Å². The zero-order valence-corrected chi connectivity index (χ0v) is 12.1. The second kappa shape index (κ2) is 5.49. The molecule has 0 radical (unpaired) electrons. The summed E-state index contributed by atoms with van der Waals surface area (Å²) in [4.78, 5) is 12.3. The fourth-order valence-electron chi connectivity index (χ4n) is 2.34. The molecule has 0 atom stereocenters. The Bertz CT molecular complexity index is 859. The Morgan fingerprint density at radius 1 is 1.09 bits per heavy atom. The molecule has 1 N–H and O–H groups in total. The lowest BCUT2D eigenvalue weighted by Crippen LogP contribution is -2.11. The number of benzene rings is 2. The van der Waals surface area contributed by atoms with Crippen LogP contribution in [-0.4, -0.2) is 22.5 Å². The monoisotopic (exact) mass is 307 g/mol. The van der Waals surface area contributed by atoms with Crippen molar-refractivity contribution in [1.82, 2.24) is 9.78 Å². The number of hydrogen-bond acceptors (Lipinski definition) is 4. The highest BCUT2D eigenvalue weighted by Crippen LogP contribution is 2.34. The molecule has 2 aromatic carbocycles. The third-order valence-electron chi connectivity index (χ3n) is 3.50. The molecule has 0 unspecified atom stereocenters. The molecular formula is C17H13N3O3. The van der Waals surface area contributed by atoms with Crippen molar-refractivity contribution >= 4 is 11.6 Å². The fourth-order valence-corrected chi connectivity index (χ4v) is 2.34. The van der Waals surface area contributed by atoms with Crippen LogP contribution >= 0.6 is 0 Å². The minimum Gasteiger partial charge on any atom is -0.454 e. The summed E-state index contributed by atoms with van der Waals surface area (Å²) in [5, 5.41) is 7.04. The standard InChI is InChI=1S/C17H13N3O3/c21-17(19-13-6-7-15-16(8-13)23-11-22-15)12-9-18-20(10-12)14-4-2-1-3-5-14/h1-10H,11H2,(H,19,21). The molecule has 0 saturated heterocycles. The highest BCUT2D eigenvalue weighted by molar-refractivity contribution is 6.04. The van der Waals surface area contributed by atoms with Gasteiger partial charge in [-0.25, -0.2) is 4.68 Å². The Balaban J connectivity index is 1.52. The smallest absolute Gasteiger partial charge is 0.258 e. The molecule has 6 heteroatoms. The van der Waals surface area contributed by atoms with Crippen LogP contribution in [0.4, 0.5) is 5.69 Å². The number of ether oxygens (including phenoxy) is 2. The molecule has 2 heterocycles. The van der Waals surface area contributed by atoms with Crippen molar-refractivity contribution in [2.24, 2.45) is 0 Å². The highest BCUT2D eigenvalue weighted by atomic mass is 16.7. The van der Waals surface area contributed by atoms with Gasteiger partial charge < -0.3 is 14.8 Å². The van der Waals surface area contributed by atoms with Crippen LogP contribution in [-0.2, 0) is 0 Å². The van der Waals surface area contributed by atoms with Gasteiger partial charge in [0.15, 0.2) is 11.5 Å². The minimum atomic E-state index is -0.231. The van der Waals surface area contributed by atoms with Crippen LogP contribution in [0.2, 0.25) is 0 Å². The van der Waals surface area contributed by atoms with E-state index >= 15 is 0 Å². The van der Waals surface area contributed by atoms with Crippen LogP contribution in [0.15, 0.2) is 60.9 Å². The summed E-state index contributed by atoms with van der Waals surface area (Å²) in [6, 6.07) is 14.9. The summed E-state index contributed by atoms with van der Waals surface area (Å²) in [6.07, 6.45) is 3.23. The van der Waals surface area contributed by atoms with Gasteiger partial charge in [-0.2, -0.15) is 5.10 Å². The van der Waals surface area contributed by atoms with Crippen molar-refractivity contribution in [3.63, 3.8) is 0 Å². The number of anilines is 1. The molecule has 1 aliphatic rings. The van der Waals surface area contributed by atoms with Gasteiger partial charge >= 0.3 is 0 Å². The number of para-hydroxylation sites is 1. The zero-order chi connectivity index (χ0) is 15.6. The quantitative estimate of drug-likeness (QED) is 0.808. The largest absolute Gasteiger partial charge is 0.454 e. The lowest BCUT2D eigenvalue weighted by molar-refractivity contribution is 0.102. The van der Waals surface area contributed by atoms with E-state index in [1.165, 1.54) is 6.20 Å². The van der Waals surface area contributed by atoms with Crippen molar-refractivity contribution in [1.29, 1.82) is 0 Å². The Kier molecular flexibility index (Phi) is 3.20. The topological polar surface area (TPSA) is 65.4 Å². The third-order valence-corrected chi connectivity index (χ3v) is 3.50. The molecule has 6 nitrogen and oxygen atoms in total. The van der Waals surface area contributed by atoms with Crippen molar-refractivity contribution in [2.75, 3.05) is 12.1 Å². The fraction of sp³-hybridized carbons (Fsp3) is 0.0588. The first kappa shape index (κ1) is 13.4. The van der Waals surface area contributed by atoms with Gasteiger partial charge in [-0.15, -0.1) is 0 Å². The highest BCUT2D eigenvalue weighted by Gasteiger charge is 2.15. The Labute approximate surface area is 132 Å². The predicted molar refractivity (Wildman–Crippen MR) is 84.1 cm³/mol. The van der Waals surface area contributed by atoms with Crippen LogP contribution in [0.1, 0.15) is 10.4 Å². The number of hydrogen-bond donors (Lipinski definition) is 1. The molecule has 23 heavy (non-hydrogen) atoms. The van der Waals surface area contributed by atoms with Gasteiger partial charge in [0.2, 0.25) is 6.79 Å². The molecule has 0 fully saturated rings. The van der Waals surface area contributed by atoms with Crippen molar-refractivity contribution in [3.05, 3.63) is 66.5 Å². The predicted octanol–water partition coefficient (Wildman–Crippen LogP) is 2.85. The number of rotatable bonds is 3. The lowest BCUT2D eigenvalue weighted by atomic mass is 10.2. The summed E-state index contributed by atoms with van der Waals surface area (Å²) < 4.78 is 12.2. The van der Waals surface area contributed by atoms with Gasteiger partial charge in [-0.05, 0) is 24.3 Å². The second-order valence-corrected chi connectivity index (χ2v) is 5.03. The van der Waals surface area contributed by atoms with Crippen molar-refractivity contribution < 1.29 is 14.3 Å². The number of nitrogens with one attached hydrogen (secondary N) is 1. The van der Waals surface area contributed by atoms with E-state index in [-0.39, 0.29) is 12.7 Å². The second-order valence-electron chi connectivity index (χ2n) is 5.03. The van der Waals surface area contributed by atoms with Crippen LogP contribution in [0.25, 0.3) is 5.69 Å². The van der Waals surface area contributed by atoms with E-state index in [9.17, 15) is 4.79 Å². The zero-order valence-electron chi connectivity index (χ0n) is 12.1. The summed E-state index contributed by atoms with van der Waals surface area (Å²) in [7, 11) is 0.